The van der Waals surface area contributed by atoms with Crippen LogP contribution in [0.4, 0.5) is 0 Å². The van der Waals surface area contributed by atoms with E-state index in [1.165, 1.54) is 161 Å². The Balaban J connectivity index is 3.27. The van der Waals surface area contributed by atoms with Crippen LogP contribution in [0.5, 0.6) is 0 Å². The molecule has 0 bridgehead atoms. The summed E-state index contributed by atoms with van der Waals surface area (Å²) in [6.45, 7) is 7.03. The second-order valence-corrected chi connectivity index (χ2v) is 9.92. The number of hydrogen-bond donors (Lipinski definition) is 0. The van der Waals surface area contributed by atoms with Crippen molar-refractivity contribution in [2.75, 3.05) is 0 Å². The van der Waals surface area contributed by atoms with Gasteiger partial charge in [-0.25, -0.2) is 0 Å². The molecule has 0 saturated carbocycles. The van der Waals surface area contributed by atoms with Gasteiger partial charge >= 0.3 is 0 Å². The van der Waals surface area contributed by atoms with Crippen LogP contribution in [-0.4, -0.2) is 0 Å². The summed E-state index contributed by atoms with van der Waals surface area (Å²) in [7, 11) is 0. The molecule has 0 spiro atoms. The second kappa shape index (κ2) is 26.0. The van der Waals surface area contributed by atoms with Gasteiger partial charge in [-0.05, 0) is 5.92 Å². The summed E-state index contributed by atoms with van der Waals surface area (Å²) >= 11 is 0. The molecule has 0 aliphatic heterocycles. The van der Waals surface area contributed by atoms with Gasteiger partial charge in [0.2, 0.25) is 0 Å². The quantitative estimate of drug-likeness (QED) is 0.132. The van der Waals surface area contributed by atoms with E-state index in [2.05, 4.69) is 20.8 Å². The molecule has 0 amide bonds. The zero-order valence-electron chi connectivity index (χ0n) is 21.3. The van der Waals surface area contributed by atoms with Crippen LogP contribution < -0.4 is 0 Å². The van der Waals surface area contributed by atoms with E-state index in [-0.39, 0.29) is 0 Å². The van der Waals surface area contributed by atoms with Crippen LogP contribution in [0, 0.1) is 5.92 Å². The van der Waals surface area contributed by atoms with Crippen LogP contribution in [0.2, 0.25) is 0 Å². The second-order valence-electron chi connectivity index (χ2n) is 9.92. The van der Waals surface area contributed by atoms with Gasteiger partial charge in [0.25, 0.3) is 0 Å². The van der Waals surface area contributed by atoms with Gasteiger partial charge in [0.05, 0.1) is 0 Å². The maximum Gasteiger partial charge on any atom is -0.0417 e. The van der Waals surface area contributed by atoms with E-state index in [0.717, 1.165) is 5.92 Å². The number of unbranched alkanes of at least 4 members (excludes halogenated alkanes) is 20. The fourth-order valence-corrected chi connectivity index (χ4v) is 4.75. The highest BCUT2D eigenvalue weighted by molar-refractivity contribution is 4.59. The molecule has 1 unspecified atom stereocenters. The molecule has 0 heteroatoms. The Morgan fingerprint density at radius 1 is 0.310 bits per heavy atom. The molecule has 0 aliphatic rings. The summed E-state index contributed by atoms with van der Waals surface area (Å²) in [4.78, 5) is 0. The van der Waals surface area contributed by atoms with Gasteiger partial charge in [0.15, 0.2) is 0 Å². The van der Waals surface area contributed by atoms with Gasteiger partial charge in [0.1, 0.15) is 0 Å². The molecule has 0 aromatic heterocycles. The van der Waals surface area contributed by atoms with Crippen LogP contribution in [-0.2, 0) is 0 Å². The van der Waals surface area contributed by atoms with Crippen LogP contribution in [0.1, 0.15) is 181 Å². The van der Waals surface area contributed by atoms with E-state index in [9.17, 15) is 0 Å². The molecule has 0 N–H and O–H groups in total. The minimum atomic E-state index is 1.02. The summed E-state index contributed by atoms with van der Waals surface area (Å²) in [6, 6.07) is 0. The van der Waals surface area contributed by atoms with Crippen molar-refractivity contribution in [1.29, 1.82) is 0 Å². The van der Waals surface area contributed by atoms with Crippen LogP contribution in [0.25, 0.3) is 0 Å². The Labute approximate surface area is 187 Å². The Morgan fingerprint density at radius 2 is 0.552 bits per heavy atom. The molecule has 0 radical (unpaired) electrons. The molecule has 0 heterocycles. The van der Waals surface area contributed by atoms with Gasteiger partial charge in [0, 0.05) is 0 Å². The zero-order valence-corrected chi connectivity index (χ0v) is 21.3. The lowest BCUT2D eigenvalue weighted by molar-refractivity contribution is 0.392. The van der Waals surface area contributed by atoms with E-state index >= 15 is 0 Å². The van der Waals surface area contributed by atoms with Crippen molar-refractivity contribution >= 4 is 0 Å². The van der Waals surface area contributed by atoms with E-state index in [1.54, 1.807) is 0 Å². The first-order valence-corrected chi connectivity index (χ1v) is 14.3. The fourth-order valence-electron chi connectivity index (χ4n) is 4.75. The molecule has 0 aromatic rings. The number of hydrogen-bond acceptors (Lipinski definition) is 0. The van der Waals surface area contributed by atoms with Crippen LogP contribution in [0.3, 0.4) is 0 Å². The third kappa shape index (κ3) is 24.1. The van der Waals surface area contributed by atoms with Gasteiger partial charge in [-0.3, -0.25) is 0 Å². The average molecular weight is 409 g/mol. The first-order chi connectivity index (χ1) is 14.3. The van der Waals surface area contributed by atoms with Crippen LogP contribution in [0.15, 0.2) is 0 Å². The van der Waals surface area contributed by atoms with Gasteiger partial charge < -0.3 is 0 Å². The maximum atomic E-state index is 2.42. The standard InChI is InChI=1S/C29H60/c1-4-7-9-11-13-15-17-18-20-22-24-26-28-29(6-3)27-25-23-21-19-16-14-12-10-8-5-2/h29H,4-28H2,1-3H3. The molecule has 0 saturated heterocycles. The van der Waals surface area contributed by atoms with Crippen LogP contribution >= 0.6 is 0 Å². The molecule has 0 aromatic carbocycles. The lowest BCUT2D eigenvalue weighted by atomic mass is 9.92. The summed E-state index contributed by atoms with van der Waals surface area (Å²) in [6.07, 6.45) is 36.8. The summed E-state index contributed by atoms with van der Waals surface area (Å²) in [5.74, 6) is 1.02. The van der Waals surface area contributed by atoms with E-state index in [1.807, 2.05) is 0 Å². The van der Waals surface area contributed by atoms with Crippen molar-refractivity contribution in [2.24, 2.45) is 5.92 Å². The smallest absolute Gasteiger partial charge is 0.0417 e. The highest BCUT2D eigenvalue weighted by Crippen LogP contribution is 2.22. The van der Waals surface area contributed by atoms with E-state index in [0.29, 0.717) is 0 Å². The molecular weight excluding hydrogens is 348 g/mol. The normalized spacial score (nSPS) is 12.5. The SMILES string of the molecule is CCCCCCCCCCCCCCC(CC)CCCCCCCCCCCC. The molecule has 29 heavy (non-hydrogen) atoms. The van der Waals surface area contributed by atoms with Crippen molar-refractivity contribution < 1.29 is 0 Å². The van der Waals surface area contributed by atoms with Crippen molar-refractivity contribution in [3.05, 3.63) is 0 Å². The zero-order chi connectivity index (χ0) is 21.3. The van der Waals surface area contributed by atoms with Gasteiger partial charge in [-0.1, -0.05) is 181 Å². The van der Waals surface area contributed by atoms with Gasteiger partial charge in [-0.15, -0.1) is 0 Å². The van der Waals surface area contributed by atoms with Crippen molar-refractivity contribution in [3.63, 3.8) is 0 Å². The third-order valence-corrected chi connectivity index (χ3v) is 7.01. The van der Waals surface area contributed by atoms with E-state index in [4.69, 9.17) is 0 Å². The molecular formula is C29H60. The predicted molar refractivity (Wildman–Crippen MR) is 136 cm³/mol. The predicted octanol–water partition coefficient (Wildman–Crippen LogP) is 11.4. The summed E-state index contributed by atoms with van der Waals surface area (Å²) in [5.41, 5.74) is 0. The minimum absolute atomic E-state index is 1.02. The largest absolute Gasteiger partial charge is 0.0654 e. The maximum absolute atomic E-state index is 2.42. The summed E-state index contributed by atoms with van der Waals surface area (Å²) in [5, 5.41) is 0. The molecule has 0 aliphatic carbocycles. The Morgan fingerprint density at radius 3 is 0.793 bits per heavy atom. The average Bonchev–Trinajstić information content (AvgIpc) is 2.74. The third-order valence-electron chi connectivity index (χ3n) is 7.01. The highest BCUT2D eigenvalue weighted by atomic mass is 14.1. The topological polar surface area (TPSA) is 0 Å². The number of rotatable bonds is 25. The Hall–Kier alpha value is 0. The minimum Gasteiger partial charge on any atom is -0.0654 e. The molecule has 0 fully saturated rings. The molecule has 1 atom stereocenters. The monoisotopic (exact) mass is 408 g/mol. The van der Waals surface area contributed by atoms with Crippen molar-refractivity contribution in [1.82, 2.24) is 0 Å². The molecule has 176 valence electrons. The van der Waals surface area contributed by atoms with Crippen molar-refractivity contribution in [2.45, 2.75) is 181 Å². The fraction of sp³-hybridized carbons (Fsp3) is 1.00. The first kappa shape index (κ1) is 29.0. The molecule has 0 rings (SSSR count). The lowest BCUT2D eigenvalue weighted by Gasteiger charge is -2.14. The summed E-state index contributed by atoms with van der Waals surface area (Å²) < 4.78 is 0. The molecule has 0 nitrogen and oxygen atoms in total. The Kier molecular flexibility index (Phi) is 26.0. The highest BCUT2D eigenvalue weighted by Gasteiger charge is 2.06. The van der Waals surface area contributed by atoms with Crippen molar-refractivity contribution in [3.8, 4) is 0 Å². The Bertz CT molecular complexity index is 269. The van der Waals surface area contributed by atoms with E-state index < -0.39 is 0 Å². The lowest BCUT2D eigenvalue weighted by Crippen LogP contribution is -1.99. The first-order valence-electron chi connectivity index (χ1n) is 14.3. The van der Waals surface area contributed by atoms with Gasteiger partial charge in [-0.2, -0.15) is 0 Å².